The average molecular weight is 226 g/mol. The van der Waals surface area contributed by atoms with Crippen molar-refractivity contribution in [2.24, 2.45) is 0 Å². The van der Waals surface area contributed by atoms with Crippen LogP contribution < -0.4 is 4.74 Å². The van der Waals surface area contributed by atoms with Crippen LogP contribution in [0.15, 0.2) is 12.1 Å². The molecule has 0 spiro atoms. The Kier molecular flexibility index (Phi) is 3.88. The highest BCUT2D eigenvalue weighted by atomic mass is 19.1. The highest BCUT2D eigenvalue weighted by molar-refractivity contribution is 5.68. The Balaban J connectivity index is 3.05. The number of aryl methyl sites for hydroxylation is 1. The first kappa shape index (κ1) is 12.5. The molecule has 1 rings (SSSR count). The molecular formula is C12H15FO3. The lowest BCUT2D eigenvalue weighted by Crippen LogP contribution is -2.05. The second kappa shape index (κ2) is 4.96. The number of ether oxygens (including phenoxy) is 1. The van der Waals surface area contributed by atoms with E-state index in [0.717, 1.165) is 5.56 Å². The van der Waals surface area contributed by atoms with E-state index in [2.05, 4.69) is 0 Å². The van der Waals surface area contributed by atoms with Crippen molar-refractivity contribution in [3.8, 4) is 5.75 Å². The van der Waals surface area contributed by atoms with Crippen molar-refractivity contribution in [2.45, 2.75) is 26.2 Å². The van der Waals surface area contributed by atoms with Gasteiger partial charge in [0.05, 0.1) is 13.5 Å². The molecule has 0 saturated heterocycles. The number of carboxylic acid groups (broad SMARTS) is 1. The maximum absolute atomic E-state index is 13.6. The minimum Gasteiger partial charge on any atom is -0.496 e. The predicted octanol–water partition coefficient (Wildman–Crippen LogP) is 2.72. The van der Waals surface area contributed by atoms with Gasteiger partial charge in [-0.3, -0.25) is 4.79 Å². The summed E-state index contributed by atoms with van der Waals surface area (Å²) in [6.45, 7) is 3.49. The molecule has 4 heteroatoms. The van der Waals surface area contributed by atoms with E-state index in [1.165, 1.54) is 13.2 Å². The molecule has 1 unspecified atom stereocenters. The zero-order valence-corrected chi connectivity index (χ0v) is 9.58. The predicted molar refractivity (Wildman–Crippen MR) is 58.4 cm³/mol. The van der Waals surface area contributed by atoms with Crippen LogP contribution in [-0.2, 0) is 4.79 Å². The molecular weight excluding hydrogens is 211 g/mol. The molecule has 0 aromatic heterocycles. The first-order chi connectivity index (χ1) is 7.45. The molecule has 0 aliphatic carbocycles. The van der Waals surface area contributed by atoms with Gasteiger partial charge in [-0.25, -0.2) is 4.39 Å². The highest BCUT2D eigenvalue weighted by Gasteiger charge is 2.16. The van der Waals surface area contributed by atoms with Gasteiger partial charge in [0.1, 0.15) is 11.6 Å². The third-order valence-electron chi connectivity index (χ3n) is 2.53. The summed E-state index contributed by atoms with van der Waals surface area (Å²) in [6, 6.07) is 2.94. The number of aliphatic carboxylic acids is 1. The fourth-order valence-corrected chi connectivity index (χ4v) is 1.66. The lowest BCUT2D eigenvalue weighted by Gasteiger charge is -2.13. The number of hydrogen-bond acceptors (Lipinski definition) is 2. The molecule has 0 bridgehead atoms. The molecule has 0 saturated carbocycles. The van der Waals surface area contributed by atoms with Gasteiger partial charge in [0.25, 0.3) is 0 Å². The Morgan fingerprint density at radius 2 is 2.19 bits per heavy atom. The van der Waals surface area contributed by atoms with E-state index < -0.39 is 11.8 Å². The third kappa shape index (κ3) is 2.72. The first-order valence-corrected chi connectivity index (χ1v) is 5.01. The Hall–Kier alpha value is -1.58. The number of rotatable bonds is 4. The van der Waals surface area contributed by atoms with Gasteiger partial charge < -0.3 is 9.84 Å². The number of methoxy groups -OCH3 is 1. The number of hydrogen-bond donors (Lipinski definition) is 1. The molecule has 1 N–H and O–H groups in total. The number of benzene rings is 1. The Bertz CT molecular complexity index is 401. The molecule has 0 radical (unpaired) electrons. The molecule has 1 atom stereocenters. The molecule has 0 heterocycles. The molecule has 1 aromatic rings. The van der Waals surface area contributed by atoms with E-state index in [1.54, 1.807) is 19.9 Å². The van der Waals surface area contributed by atoms with Crippen molar-refractivity contribution >= 4 is 5.97 Å². The molecule has 88 valence electrons. The van der Waals surface area contributed by atoms with E-state index in [4.69, 9.17) is 9.84 Å². The van der Waals surface area contributed by atoms with Crippen LogP contribution in [0.2, 0.25) is 0 Å². The fraction of sp³-hybridized carbons (Fsp3) is 0.417. The summed E-state index contributed by atoms with van der Waals surface area (Å²) in [6.07, 6.45) is -0.0807. The van der Waals surface area contributed by atoms with Gasteiger partial charge in [-0.1, -0.05) is 6.92 Å². The van der Waals surface area contributed by atoms with Crippen LogP contribution in [0, 0.1) is 12.7 Å². The second-order valence-corrected chi connectivity index (χ2v) is 3.84. The third-order valence-corrected chi connectivity index (χ3v) is 2.53. The molecule has 0 amide bonds. The SMILES string of the molecule is COc1cc(F)c(C(C)CC(=O)O)cc1C. The molecule has 3 nitrogen and oxygen atoms in total. The molecule has 0 fully saturated rings. The van der Waals surface area contributed by atoms with E-state index in [-0.39, 0.29) is 12.3 Å². The summed E-state index contributed by atoms with van der Waals surface area (Å²) in [5, 5.41) is 8.66. The standard InChI is InChI=1S/C12H15FO3/c1-7(5-12(14)15)9-4-8(2)11(16-3)6-10(9)13/h4,6-7H,5H2,1-3H3,(H,14,15). The summed E-state index contributed by atoms with van der Waals surface area (Å²) >= 11 is 0. The summed E-state index contributed by atoms with van der Waals surface area (Å²) in [7, 11) is 1.47. The van der Waals surface area contributed by atoms with Gasteiger partial charge >= 0.3 is 5.97 Å². The van der Waals surface area contributed by atoms with E-state index in [0.29, 0.717) is 11.3 Å². The molecule has 16 heavy (non-hydrogen) atoms. The molecule has 0 aliphatic rings. The molecule has 1 aromatic carbocycles. The second-order valence-electron chi connectivity index (χ2n) is 3.84. The fourth-order valence-electron chi connectivity index (χ4n) is 1.66. The van der Waals surface area contributed by atoms with Crippen molar-refractivity contribution < 1.29 is 19.0 Å². The lowest BCUT2D eigenvalue weighted by atomic mass is 9.95. The lowest BCUT2D eigenvalue weighted by molar-refractivity contribution is -0.137. The zero-order chi connectivity index (χ0) is 12.3. The Morgan fingerprint density at radius 3 is 2.69 bits per heavy atom. The molecule has 0 aliphatic heterocycles. The normalized spacial score (nSPS) is 12.2. The van der Waals surface area contributed by atoms with Crippen molar-refractivity contribution in [2.75, 3.05) is 7.11 Å². The number of carboxylic acids is 1. The first-order valence-electron chi connectivity index (χ1n) is 5.01. The van der Waals surface area contributed by atoms with Crippen LogP contribution in [0.25, 0.3) is 0 Å². The van der Waals surface area contributed by atoms with Gasteiger partial charge in [0, 0.05) is 6.07 Å². The maximum Gasteiger partial charge on any atom is 0.303 e. The summed E-state index contributed by atoms with van der Waals surface area (Å²) in [4.78, 5) is 10.6. The van der Waals surface area contributed by atoms with Gasteiger partial charge in [-0.2, -0.15) is 0 Å². The van der Waals surface area contributed by atoms with Crippen molar-refractivity contribution in [3.05, 3.63) is 29.1 Å². The van der Waals surface area contributed by atoms with Crippen LogP contribution in [0.4, 0.5) is 4.39 Å². The topological polar surface area (TPSA) is 46.5 Å². The van der Waals surface area contributed by atoms with E-state index in [1.807, 2.05) is 0 Å². The average Bonchev–Trinajstić information content (AvgIpc) is 2.19. The van der Waals surface area contributed by atoms with Gasteiger partial charge in [-0.05, 0) is 30.0 Å². The van der Waals surface area contributed by atoms with Gasteiger partial charge in [-0.15, -0.1) is 0 Å². The van der Waals surface area contributed by atoms with Crippen LogP contribution >= 0.6 is 0 Å². The van der Waals surface area contributed by atoms with Crippen LogP contribution in [0.1, 0.15) is 30.4 Å². The van der Waals surface area contributed by atoms with E-state index >= 15 is 0 Å². The van der Waals surface area contributed by atoms with Crippen molar-refractivity contribution in [1.82, 2.24) is 0 Å². The smallest absolute Gasteiger partial charge is 0.303 e. The quantitative estimate of drug-likeness (QED) is 0.858. The Labute approximate surface area is 93.9 Å². The summed E-state index contributed by atoms with van der Waals surface area (Å²) < 4.78 is 18.6. The van der Waals surface area contributed by atoms with Crippen molar-refractivity contribution in [1.29, 1.82) is 0 Å². The van der Waals surface area contributed by atoms with Crippen LogP contribution in [0.5, 0.6) is 5.75 Å². The maximum atomic E-state index is 13.6. The zero-order valence-electron chi connectivity index (χ0n) is 9.58. The van der Waals surface area contributed by atoms with E-state index in [9.17, 15) is 9.18 Å². The van der Waals surface area contributed by atoms with Crippen molar-refractivity contribution in [3.63, 3.8) is 0 Å². The highest BCUT2D eigenvalue weighted by Crippen LogP contribution is 2.28. The number of halogens is 1. The minimum atomic E-state index is -0.930. The Morgan fingerprint density at radius 1 is 1.56 bits per heavy atom. The van der Waals surface area contributed by atoms with Gasteiger partial charge in [0.15, 0.2) is 0 Å². The van der Waals surface area contributed by atoms with Crippen LogP contribution in [0.3, 0.4) is 0 Å². The van der Waals surface area contributed by atoms with Crippen LogP contribution in [-0.4, -0.2) is 18.2 Å². The number of carbonyl (C=O) groups is 1. The minimum absolute atomic E-state index is 0.0807. The summed E-state index contributed by atoms with van der Waals surface area (Å²) in [5.41, 5.74) is 1.22. The van der Waals surface area contributed by atoms with Gasteiger partial charge in [0.2, 0.25) is 0 Å². The summed E-state index contributed by atoms with van der Waals surface area (Å²) in [5.74, 6) is -1.22. The monoisotopic (exact) mass is 226 g/mol. The largest absolute Gasteiger partial charge is 0.496 e.